The van der Waals surface area contributed by atoms with Gasteiger partial charge in [0.1, 0.15) is 13.2 Å². The zero-order valence-electron chi connectivity index (χ0n) is 22.5. The topological polar surface area (TPSA) is 107 Å². The fourth-order valence-electron chi connectivity index (χ4n) is 4.38. The van der Waals surface area contributed by atoms with E-state index in [1.807, 2.05) is 73.7 Å². The molecule has 2 aromatic carbocycles. The van der Waals surface area contributed by atoms with Crippen molar-refractivity contribution in [3.05, 3.63) is 77.5 Å². The molecule has 2 heterocycles. The number of para-hydroxylation sites is 2. The van der Waals surface area contributed by atoms with Crippen LogP contribution < -0.4 is 19.5 Å². The minimum absolute atomic E-state index is 0.0736. The van der Waals surface area contributed by atoms with Crippen molar-refractivity contribution in [3.63, 3.8) is 0 Å². The number of aromatic nitrogens is 1. The molecule has 2 N–H and O–H groups in total. The van der Waals surface area contributed by atoms with Crippen molar-refractivity contribution in [3.8, 4) is 17.4 Å². The van der Waals surface area contributed by atoms with Crippen LogP contribution >= 0.6 is 0 Å². The Morgan fingerprint density at radius 1 is 1.08 bits per heavy atom. The van der Waals surface area contributed by atoms with Crippen LogP contribution in [0.25, 0.3) is 12.2 Å². The summed E-state index contributed by atoms with van der Waals surface area (Å²) in [4.78, 5) is 29.0. The second kappa shape index (κ2) is 12.5. The summed E-state index contributed by atoms with van der Waals surface area (Å²) in [5, 5.41) is 12.5. The second-order valence-corrected chi connectivity index (χ2v) is 9.64. The zero-order valence-corrected chi connectivity index (χ0v) is 22.5. The van der Waals surface area contributed by atoms with E-state index in [0.717, 1.165) is 22.6 Å². The van der Waals surface area contributed by atoms with Crippen molar-refractivity contribution in [1.29, 1.82) is 0 Å². The lowest BCUT2D eigenvalue weighted by Crippen LogP contribution is -2.34. The summed E-state index contributed by atoms with van der Waals surface area (Å²) >= 11 is 0. The number of nitrogens with one attached hydrogen (secondary N) is 1. The summed E-state index contributed by atoms with van der Waals surface area (Å²) in [7, 11) is 0. The van der Waals surface area contributed by atoms with Gasteiger partial charge in [-0.2, -0.15) is 0 Å². The van der Waals surface area contributed by atoms with E-state index in [9.17, 15) is 14.7 Å². The molecular formula is C31H34N2O6. The van der Waals surface area contributed by atoms with Gasteiger partial charge >= 0.3 is 5.97 Å². The Balaban J connectivity index is 1.38. The van der Waals surface area contributed by atoms with Gasteiger partial charge in [-0.05, 0) is 61.2 Å². The third-order valence-electron chi connectivity index (χ3n) is 7.01. The predicted molar refractivity (Wildman–Crippen MR) is 150 cm³/mol. The van der Waals surface area contributed by atoms with Crippen molar-refractivity contribution in [1.82, 2.24) is 4.98 Å². The lowest BCUT2D eigenvalue weighted by atomic mass is 9.79. The Morgan fingerprint density at radius 2 is 1.85 bits per heavy atom. The Kier molecular flexibility index (Phi) is 8.86. The Bertz CT molecular complexity index is 1350. The van der Waals surface area contributed by atoms with Crippen LogP contribution in [-0.2, 0) is 9.59 Å². The molecule has 8 nitrogen and oxygen atoms in total. The highest BCUT2D eigenvalue weighted by molar-refractivity contribution is 5.94. The number of amides is 1. The molecule has 0 bridgehead atoms. The number of pyridine rings is 1. The molecule has 1 amide bonds. The van der Waals surface area contributed by atoms with Gasteiger partial charge in [-0.3, -0.25) is 9.59 Å². The molecule has 1 aliphatic rings. The lowest BCUT2D eigenvalue weighted by molar-refractivity contribution is -0.151. The molecule has 0 fully saturated rings. The van der Waals surface area contributed by atoms with Crippen LogP contribution in [0.1, 0.15) is 49.9 Å². The first-order chi connectivity index (χ1) is 18.8. The third kappa shape index (κ3) is 6.96. The molecular weight excluding hydrogens is 496 g/mol. The molecule has 1 aliphatic heterocycles. The molecule has 0 spiro atoms. The predicted octanol–water partition coefficient (Wildman–Crippen LogP) is 6.00. The minimum atomic E-state index is -1.06. The lowest BCUT2D eigenvalue weighted by Gasteiger charge is -2.26. The molecule has 3 aromatic rings. The SMILES string of the molecule is CCC(CC)(CC(=O)Nc1cccc(C=Cc2nc(OCC3COc4ccccc4O3)ccc2C)c1)C(=O)O. The van der Waals surface area contributed by atoms with E-state index in [1.165, 1.54) is 0 Å². The normalized spacial score (nSPS) is 14.7. The smallest absolute Gasteiger partial charge is 0.310 e. The average Bonchev–Trinajstić information content (AvgIpc) is 2.94. The van der Waals surface area contributed by atoms with Gasteiger partial charge in [-0.1, -0.05) is 50.3 Å². The summed E-state index contributed by atoms with van der Waals surface area (Å²) < 4.78 is 17.6. The van der Waals surface area contributed by atoms with Gasteiger partial charge in [-0.15, -0.1) is 0 Å². The summed E-state index contributed by atoms with van der Waals surface area (Å²) in [6.07, 6.45) is 4.26. The minimum Gasteiger partial charge on any atom is -0.486 e. The van der Waals surface area contributed by atoms with E-state index in [-0.39, 0.29) is 18.4 Å². The molecule has 39 heavy (non-hydrogen) atoms. The Hall–Kier alpha value is -4.33. The van der Waals surface area contributed by atoms with Crippen LogP contribution in [0.3, 0.4) is 0 Å². The number of rotatable bonds is 11. The maximum absolute atomic E-state index is 12.6. The molecule has 0 radical (unpaired) electrons. The van der Waals surface area contributed by atoms with Crippen molar-refractivity contribution >= 4 is 29.7 Å². The second-order valence-electron chi connectivity index (χ2n) is 9.64. The number of carboxylic acid groups (broad SMARTS) is 1. The molecule has 1 atom stereocenters. The molecule has 8 heteroatoms. The van der Waals surface area contributed by atoms with Crippen molar-refractivity contribution in [2.24, 2.45) is 5.41 Å². The first-order valence-corrected chi connectivity index (χ1v) is 13.1. The largest absolute Gasteiger partial charge is 0.486 e. The van der Waals surface area contributed by atoms with Crippen LogP contribution in [0.15, 0.2) is 60.7 Å². The summed E-state index contributed by atoms with van der Waals surface area (Å²) in [5.74, 6) is 0.651. The fourth-order valence-corrected chi connectivity index (χ4v) is 4.38. The van der Waals surface area contributed by atoms with Gasteiger partial charge in [0.2, 0.25) is 11.8 Å². The number of carboxylic acids is 1. The van der Waals surface area contributed by atoms with Gasteiger partial charge < -0.3 is 24.6 Å². The van der Waals surface area contributed by atoms with E-state index < -0.39 is 11.4 Å². The van der Waals surface area contributed by atoms with Crippen LogP contribution in [0.2, 0.25) is 0 Å². The van der Waals surface area contributed by atoms with E-state index in [2.05, 4.69) is 10.3 Å². The quantitative estimate of drug-likeness (QED) is 0.313. The van der Waals surface area contributed by atoms with Gasteiger partial charge in [0.25, 0.3) is 0 Å². The molecule has 204 valence electrons. The van der Waals surface area contributed by atoms with Gasteiger partial charge in [-0.25, -0.2) is 4.98 Å². The fraction of sp³-hybridized carbons (Fsp3) is 0.323. The van der Waals surface area contributed by atoms with E-state index in [0.29, 0.717) is 43.4 Å². The Morgan fingerprint density at radius 3 is 2.59 bits per heavy atom. The first-order valence-electron chi connectivity index (χ1n) is 13.1. The number of benzene rings is 2. The Labute approximate surface area is 228 Å². The highest BCUT2D eigenvalue weighted by Gasteiger charge is 2.37. The maximum Gasteiger partial charge on any atom is 0.310 e. The van der Waals surface area contributed by atoms with Crippen molar-refractivity contribution < 1.29 is 28.9 Å². The van der Waals surface area contributed by atoms with Crippen LogP contribution in [0, 0.1) is 12.3 Å². The maximum atomic E-state index is 12.6. The van der Waals surface area contributed by atoms with Gasteiger partial charge in [0.05, 0.1) is 11.1 Å². The number of aliphatic carboxylic acids is 1. The number of aryl methyl sites for hydroxylation is 1. The number of fused-ring (bicyclic) bond motifs is 1. The number of anilines is 1. The number of hydrogen-bond donors (Lipinski definition) is 2. The standard InChI is InChI=1S/C31H34N2O6/c1-4-31(5-2,30(35)36)18-28(34)32-23-10-8-9-22(17-23)14-15-25-21(3)13-16-29(33-25)38-20-24-19-37-26-11-6-7-12-27(26)39-24/h6-17,24H,4-5,18-20H2,1-3H3,(H,32,34)(H,35,36). The number of hydrogen-bond acceptors (Lipinski definition) is 6. The average molecular weight is 531 g/mol. The monoisotopic (exact) mass is 530 g/mol. The number of ether oxygens (including phenoxy) is 3. The van der Waals surface area contributed by atoms with Crippen molar-refractivity contribution in [2.45, 2.75) is 46.1 Å². The molecule has 1 unspecified atom stereocenters. The van der Waals surface area contributed by atoms with Crippen LogP contribution in [0.5, 0.6) is 17.4 Å². The first kappa shape index (κ1) is 27.7. The van der Waals surface area contributed by atoms with Crippen LogP contribution in [0.4, 0.5) is 5.69 Å². The van der Waals surface area contributed by atoms with Gasteiger partial charge in [0, 0.05) is 18.2 Å². The van der Waals surface area contributed by atoms with Crippen molar-refractivity contribution in [2.75, 3.05) is 18.5 Å². The zero-order chi connectivity index (χ0) is 27.8. The summed E-state index contributed by atoms with van der Waals surface area (Å²) in [6, 6.07) is 18.7. The molecule has 0 saturated heterocycles. The molecule has 0 aliphatic carbocycles. The number of carbonyl (C=O) groups excluding carboxylic acids is 1. The molecule has 1 aromatic heterocycles. The molecule has 0 saturated carbocycles. The third-order valence-corrected chi connectivity index (χ3v) is 7.01. The number of nitrogens with zero attached hydrogens (tertiary/aromatic N) is 1. The van der Waals surface area contributed by atoms with Crippen LogP contribution in [-0.4, -0.2) is 41.3 Å². The van der Waals surface area contributed by atoms with E-state index in [4.69, 9.17) is 14.2 Å². The molecule has 4 rings (SSSR count). The highest BCUT2D eigenvalue weighted by atomic mass is 16.6. The summed E-state index contributed by atoms with van der Waals surface area (Å²) in [6.45, 7) is 6.26. The number of carbonyl (C=O) groups is 2. The van der Waals surface area contributed by atoms with Gasteiger partial charge in [0.15, 0.2) is 17.6 Å². The summed E-state index contributed by atoms with van der Waals surface area (Å²) in [5.41, 5.74) is 2.15. The van der Waals surface area contributed by atoms with E-state index >= 15 is 0 Å². The van der Waals surface area contributed by atoms with E-state index in [1.54, 1.807) is 19.9 Å². The highest BCUT2D eigenvalue weighted by Crippen LogP contribution is 2.32.